The Morgan fingerprint density at radius 2 is 2.00 bits per heavy atom. The van der Waals surface area contributed by atoms with E-state index in [1.165, 1.54) is 15.6 Å². The van der Waals surface area contributed by atoms with E-state index in [4.69, 9.17) is 0 Å². The number of benzene rings is 1. The zero-order chi connectivity index (χ0) is 13.9. The SMILES string of the molecule is Cc1ccc(C2CCNCC2c2ccccc2Br)cn1. The predicted molar refractivity (Wildman–Crippen MR) is 86.1 cm³/mol. The second-order valence-electron chi connectivity index (χ2n) is 5.46. The fourth-order valence-corrected chi connectivity index (χ4v) is 3.64. The molecule has 1 aromatic carbocycles. The highest BCUT2D eigenvalue weighted by molar-refractivity contribution is 9.10. The summed E-state index contributed by atoms with van der Waals surface area (Å²) in [5.41, 5.74) is 3.84. The van der Waals surface area contributed by atoms with E-state index in [9.17, 15) is 0 Å². The first-order valence-corrected chi connectivity index (χ1v) is 7.92. The molecule has 0 aliphatic carbocycles. The van der Waals surface area contributed by atoms with Crippen molar-refractivity contribution in [2.75, 3.05) is 13.1 Å². The maximum atomic E-state index is 4.47. The number of hydrogen-bond donors (Lipinski definition) is 1. The summed E-state index contributed by atoms with van der Waals surface area (Å²) in [5, 5.41) is 3.53. The van der Waals surface area contributed by atoms with Gasteiger partial charge in [-0.05, 0) is 49.1 Å². The van der Waals surface area contributed by atoms with Crippen LogP contribution < -0.4 is 5.32 Å². The van der Waals surface area contributed by atoms with E-state index in [0.717, 1.165) is 25.2 Å². The van der Waals surface area contributed by atoms with Crippen molar-refractivity contribution < 1.29 is 0 Å². The van der Waals surface area contributed by atoms with E-state index in [1.54, 1.807) is 0 Å². The maximum absolute atomic E-state index is 4.47. The van der Waals surface area contributed by atoms with Crippen molar-refractivity contribution in [1.82, 2.24) is 10.3 Å². The first-order valence-electron chi connectivity index (χ1n) is 7.13. The molecule has 0 amide bonds. The molecule has 2 nitrogen and oxygen atoms in total. The van der Waals surface area contributed by atoms with Crippen molar-refractivity contribution >= 4 is 15.9 Å². The molecule has 20 heavy (non-hydrogen) atoms. The van der Waals surface area contributed by atoms with Gasteiger partial charge in [-0.1, -0.05) is 40.2 Å². The topological polar surface area (TPSA) is 24.9 Å². The lowest BCUT2D eigenvalue weighted by atomic mass is 9.78. The fourth-order valence-electron chi connectivity index (χ4n) is 3.06. The molecule has 1 N–H and O–H groups in total. The minimum absolute atomic E-state index is 0.504. The summed E-state index contributed by atoms with van der Waals surface area (Å²) in [5.74, 6) is 1.05. The highest BCUT2D eigenvalue weighted by Gasteiger charge is 2.28. The molecule has 3 rings (SSSR count). The van der Waals surface area contributed by atoms with Crippen LogP contribution in [0.5, 0.6) is 0 Å². The summed E-state index contributed by atoms with van der Waals surface area (Å²) in [7, 11) is 0. The average Bonchev–Trinajstić information content (AvgIpc) is 2.49. The Hall–Kier alpha value is -1.19. The van der Waals surface area contributed by atoms with Crippen LogP contribution in [0.2, 0.25) is 0 Å². The Morgan fingerprint density at radius 3 is 2.75 bits per heavy atom. The number of pyridine rings is 1. The fraction of sp³-hybridized carbons (Fsp3) is 0.353. The molecule has 1 aliphatic heterocycles. The number of piperidine rings is 1. The normalized spacial score (nSPS) is 22.7. The van der Waals surface area contributed by atoms with Gasteiger partial charge in [0.15, 0.2) is 0 Å². The van der Waals surface area contributed by atoms with Crippen LogP contribution in [-0.2, 0) is 0 Å². The van der Waals surface area contributed by atoms with Crippen LogP contribution in [0.15, 0.2) is 47.1 Å². The monoisotopic (exact) mass is 330 g/mol. The summed E-state index contributed by atoms with van der Waals surface area (Å²) in [6.07, 6.45) is 3.21. The van der Waals surface area contributed by atoms with E-state index >= 15 is 0 Å². The Labute approximate surface area is 128 Å². The van der Waals surface area contributed by atoms with Crippen molar-refractivity contribution in [2.45, 2.75) is 25.2 Å². The summed E-state index contributed by atoms with van der Waals surface area (Å²) in [6.45, 7) is 4.15. The Kier molecular flexibility index (Phi) is 4.18. The smallest absolute Gasteiger partial charge is 0.0372 e. The Morgan fingerprint density at radius 1 is 1.15 bits per heavy atom. The number of rotatable bonds is 2. The second kappa shape index (κ2) is 6.06. The first-order chi connectivity index (χ1) is 9.75. The molecule has 0 spiro atoms. The molecular weight excluding hydrogens is 312 g/mol. The predicted octanol–water partition coefficient (Wildman–Crippen LogP) is 4.01. The second-order valence-corrected chi connectivity index (χ2v) is 6.31. The molecule has 2 atom stereocenters. The number of hydrogen-bond acceptors (Lipinski definition) is 2. The van der Waals surface area contributed by atoms with Crippen LogP contribution in [0.3, 0.4) is 0 Å². The van der Waals surface area contributed by atoms with Gasteiger partial charge >= 0.3 is 0 Å². The quantitative estimate of drug-likeness (QED) is 0.899. The van der Waals surface area contributed by atoms with Crippen molar-refractivity contribution in [3.8, 4) is 0 Å². The highest BCUT2D eigenvalue weighted by atomic mass is 79.9. The zero-order valence-corrected chi connectivity index (χ0v) is 13.2. The van der Waals surface area contributed by atoms with Gasteiger partial charge in [0, 0.05) is 28.8 Å². The van der Waals surface area contributed by atoms with Crippen LogP contribution in [0.25, 0.3) is 0 Å². The van der Waals surface area contributed by atoms with E-state index < -0.39 is 0 Å². The number of nitrogens with zero attached hydrogens (tertiary/aromatic N) is 1. The van der Waals surface area contributed by atoms with Gasteiger partial charge in [0.25, 0.3) is 0 Å². The van der Waals surface area contributed by atoms with Crippen LogP contribution in [0.4, 0.5) is 0 Å². The molecule has 1 aromatic heterocycles. The standard InChI is InChI=1S/C17H19BrN2/c1-12-6-7-13(10-20-12)14-8-9-19-11-16(14)15-4-2-3-5-17(15)18/h2-7,10,14,16,19H,8-9,11H2,1H3. The summed E-state index contributed by atoms with van der Waals surface area (Å²) in [4.78, 5) is 4.47. The van der Waals surface area contributed by atoms with Crippen molar-refractivity contribution in [3.63, 3.8) is 0 Å². The molecule has 2 heterocycles. The molecule has 104 valence electrons. The summed E-state index contributed by atoms with van der Waals surface area (Å²) >= 11 is 3.70. The van der Waals surface area contributed by atoms with Crippen molar-refractivity contribution in [2.24, 2.45) is 0 Å². The number of nitrogens with one attached hydrogen (secondary N) is 1. The van der Waals surface area contributed by atoms with Gasteiger partial charge in [-0.25, -0.2) is 0 Å². The molecule has 2 aromatic rings. The minimum atomic E-state index is 0.504. The lowest BCUT2D eigenvalue weighted by Gasteiger charge is -2.33. The van der Waals surface area contributed by atoms with Crippen LogP contribution in [-0.4, -0.2) is 18.1 Å². The number of aromatic nitrogens is 1. The molecule has 2 unspecified atom stereocenters. The number of halogens is 1. The third-order valence-corrected chi connectivity index (χ3v) is 4.87. The molecule has 1 aliphatic rings. The molecule has 0 bridgehead atoms. The largest absolute Gasteiger partial charge is 0.316 e. The molecule has 0 saturated carbocycles. The van der Waals surface area contributed by atoms with E-state index in [-0.39, 0.29) is 0 Å². The summed E-state index contributed by atoms with van der Waals surface area (Å²) in [6, 6.07) is 12.9. The van der Waals surface area contributed by atoms with Gasteiger partial charge in [0.05, 0.1) is 0 Å². The first kappa shape index (κ1) is 13.8. The molecule has 3 heteroatoms. The summed E-state index contributed by atoms with van der Waals surface area (Å²) < 4.78 is 1.21. The van der Waals surface area contributed by atoms with Crippen LogP contribution in [0.1, 0.15) is 35.1 Å². The van der Waals surface area contributed by atoms with E-state index in [2.05, 4.69) is 68.8 Å². The van der Waals surface area contributed by atoms with Crippen LogP contribution in [0, 0.1) is 6.92 Å². The molecule has 1 fully saturated rings. The Balaban J connectivity index is 1.95. The van der Waals surface area contributed by atoms with Crippen molar-refractivity contribution in [3.05, 3.63) is 63.9 Å². The molecular formula is C17H19BrN2. The van der Waals surface area contributed by atoms with Gasteiger partial charge in [-0.15, -0.1) is 0 Å². The van der Waals surface area contributed by atoms with Gasteiger partial charge in [-0.3, -0.25) is 4.98 Å². The lowest BCUT2D eigenvalue weighted by molar-refractivity contribution is 0.402. The van der Waals surface area contributed by atoms with Gasteiger partial charge in [-0.2, -0.15) is 0 Å². The third kappa shape index (κ3) is 2.79. The van der Waals surface area contributed by atoms with Gasteiger partial charge in [0.1, 0.15) is 0 Å². The Bertz CT molecular complexity index is 580. The maximum Gasteiger partial charge on any atom is 0.0372 e. The highest BCUT2D eigenvalue weighted by Crippen LogP contribution is 2.39. The third-order valence-electron chi connectivity index (χ3n) is 4.15. The average molecular weight is 331 g/mol. The number of aryl methyl sites for hydroxylation is 1. The van der Waals surface area contributed by atoms with E-state index in [1.807, 2.05) is 6.92 Å². The van der Waals surface area contributed by atoms with Gasteiger partial charge < -0.3 is 5.32 Å². The minimum Gasteiger partial charge on any atom is -0.316 e. The molecule has 0 radical (unpaired) electrons. The van der Waals surface area contributed by atoms with Crippen LogP contribution >= 0.6 is 15.9 Å². The van der Waals surface area contributed by atoms with Gasteiger partial charge in [0.2, 0.25) is 0 Å². The molecule has 1 saturated heterocycles. The lowest BCUT2D eigenvalue weighted by Crippen LogP contribution is -2.34. The zero-order valence-electron chi connectivity index (χ0n) is 11.6. The van der Waals surface area contributed by atoms with Crippen molar-refractivity contribution in [1.29, 1.82) is 0 Å². The van der Waals surface area contributed by atoms with E-state index in [0.29, 0.717) is 11.8 Å².